The summed E-state index contributed by atoms with van der Waals surface area (Å²) in [5.41, 5.74) is 17.0. The number of hydrogen-bond donors (Lipinski definition) is 0. The van der Waals surface area contributed by atoms with E-state index in [1.54, 1.807) is 0 Å². The molecule has 0 N–H and O–H groups in total. The molecule has 0 saturated carbocycles. The summed E-state index contributed by atoms with van der Waals surface area (Å²) in [4.78, 5) is 7.44. The first kappa shape index (κ1) is 39.5. The molecule has 1 heterocycles. The van der Waals surface area contributed by atoms with Gasteiger partial charge in [0.15, 0.2) is 0 Å². The van der Waals surface area contributed by atoms with Crippen LogP contribution >= 0.6 is 0 Å². The fourth-order valence-corrected chi connectivity index (χ4v) is 10.2. The van der Waals surface area contributed by atoms with Crippen LogP contribution in [0.5, 0.6) is 0 Å². The van der Waals surface area contributed by atoms with Crippen LogP contribution < -0.4 is 14.7 Å². The van der Waals surface area contributed by atoms with Gasteiger partial charge in [0, 0.05) is 55.7 Å². The van der Waals surface area contributed by atoms with Gasteiger partial charge >= 0.3 is 0 Å². The number of hydrogen-bond acceptors (Lipinski definition) is 3. The van der Waals surface area contributed by atoms with Gasteiger partial charge in [0.05, 0.1) is 22.7 Å². The molecule has 0 amide bonds. The van der Waals surface area contributed by atoms with E-state index >= 15 is 0 Å². The van der Waals surface area contributed by atoms with E-state index in [2.05, 4.69) is 267 Å². The van der Waals surface area contributed by atoms with Crippen molar-refractivity contribution >= 4 is 83.5 Å². The van der Waals surface area contributed by atoms with Gasteiger partial charge in [-0.25, -0.2) is 0 Å². The molecule has 0 spiro atoms. The van der Waals surface area contributed by atoms with E-state index in [-0.39, 0.29) is 5.41 Å². The Labute approximate surface area is 387 Å². The van der Waals surface area contributed by atoms with Crippen molar-refractivity contribution in [3.8, 4) is 22.3 Å². The molecule has 3 heteroatoms. The second kappa shape index (κ2) is 15.5. The van der Waals surface area contributed by atoms with Crippen LogP contribution in [0.25, 0.3) is 54.6 Å². The fourth-order valence-electron chi connectivity index (χ4n) is 10.2. The van der Waals surface area contributed by atoms with Gasteiger partial charge in [-0.05, 0) is 112 Å². The highest BCUT2D eigenvalue weighted by Gasteiger charge is 2.29. The Hall–Kier alpha value is -8.14. The minimum atomic E-state index is -0.00702. The molecular weight excluding hydrogens is 799 g/mol. The monoisotopic (exact) mass is 847 g/mol. The van der Waals surface area contributed by atoms with Crippen LogP contribution in [0.3, 0.4) is 0 Å². The minimum Gasteiger partial charge on any atom is -0.310 e. The van der Waals surface area contributed by atoms with Gasteiger partial charge in [-0.3, -0.25) is 0 Å². The molecule has 1 aliphatic rings. The molecule has 316 valence electrons. The normalized spacial score (nSPS) is 12.8. The molecule has 11 aromatic rings. The highest BCUT2D eigenvalue weighted by Crippen LogP contribution is 2.54. The second-order valence-electron chi connectivity index (χ2n) is 18.7. The average Bonchev–Trinajstić information content (AvgIpc) is 3.35. The third-order valence-corrected chi connectivity index (χ3v) is 13.5. The standard InChI is InChI=1S/C63H49N3/c1-42-29-33-48(34-30-42)64-49-21-15-23-51(39-49)65(57-27-13-11-25-53(57)43-17-7-5-8-18-43)59-41-60(56-36-32-46-38-47(63(2,3)4)37-45-31-35-55(59)62(56)61(45)46)66(52-24-16-22-50(64)40-52)58-28-14-12-26-54(58)44-19-9-6-10-20-44/h5-41H,1-4H3. The number of fused-ring (bicyclic) bond motifs is 8. The van der Waals surface area contributed by atoms with Crippen LogP contribution in [0.1, 0.15) is 31.9 Å². The summed E-state index contributed by atoms with van der Waals surface area (Å²) in [5.74, 6) is 0. The predicted molar refractivity (Wildman–Crippen MR) is 282 cm³/mol. The lowest BCUT2D eigenvalue weighted by Crippen LogP contribution is -2.18. The summed E-state index contributed by atoms with van der Waals surface area (Å²) >= 11 is 0. The molecule has 1 aliphatic heterocycles. The van der Waals surface area contributed by atoms with Crippen LogP contribution in [0.15, 0.2) is 224 Å². The lowest BCUT2D eigenvalue weighted by atomic mass is 9.83. The van der Waals surface area contributed by atoms with E-state index in [4.69, 9.17) is 0 Å². The molecule has 66 heavy (non-hydrogen) atoms. The maximum Gasteiger partial charge on any atom is 0.0561 e. The van der Waals surface area contributed by atoms with E-state index in [1.807, 2.05) is 0 Å². The molecule has 0 fully saturated rings. The Kier molecular flexibility index (Phi) is 9.29. The largest absolute Gasteiger partial charge is 0.310 e. The van der Waals surface area contributed by atoms with Gasteiger partial charge < -0.3 is 14.7 Å². The van der Waals surface area contributed by atoms with Crippen LogP contribution in [-0.4, -0.2) is 0 Å². The van der Waals surface area contributed by atoms with Gasteiger partial charge in [0.2, 0.25) is 0 Å². The smallest absolute Gasteiger partial charge is 0.0561 e. The number of aryl methyl sites for hydroxylation is 1. The summed E-state index contributed by atoms with van der Waals surface area (Å²) in [6.07, 6.45) is 0. The van der Waals surface area contributed by atoms with Crippen LogP contribution in [0, 0.1) is 6.92 Å². The summed E-state index contributed by atoms with van der Waals surface area (Å²) in [7, 11) is 0. The Morgan fingerprint density at radius 1 is 0.318 bits per heavy atom. The highest BCUT2D eigenvalue weighted by molar-refractivity contribution is 6.29. The highest BCUT2D eigenvalue weighted by atomic mass is 15.2. The average molecular weight is 848 g/mol. The van der Waals surface area contributed by atoms with Crippen molar-refractivity contribution in [1.29, 1.82) is 0 Å². The zero-order chi connectivity index (χ0) is 44.5. The van der Waals surface area contributed by atoms with Crippen molar-refractivity contribution in [2.75, 3.05) is 14.7 Å². The topological polar surface area (TPSA) is 9.72 Å². The SMILES string of the molecule is Cc1ccc(N2c3cccc(c3)N(c3ccccc3-c3ccccc3)c3cc(c4ccc5cc(C(C)(C)C)cc6ccc3c4c65)N(c3ccccc3-c3ccccc3)c3cccc2c3)cc1. The molecule has 12 rings (SSSR count). The Balaban J connectivity index is 1.27. The first-order valence-electron chi connectivity index (χ1n) is 23.0. The third kappa shape index (κ3) is 6.58. The van der Waals surface area contributed by atoms with Gasteiger partial charge in [-0.15, -0.1) is 0 Å². The summed E-state index contributed by atoms with van der Waals surface area (Å²) < 4.78 is 0. The molecular formula is C63H49N3. The van der Waals surface area contributed by atoms with Crippen molar-refractivity contribution < 1.29 is 0 Å². The van der Waals surface area contributed by atoms with Gasteiger partial charge in [-0.2, -0.15) is 0 Å². The Morgan fingerprint density at radius 3 is 1.23 bits per heavy atom. The van der Waals surface area contributed by atoms with E-state index in [0.29, 0.717) is 0 Å². The molecule has 0 aromatic heterocycles. The quantitative estimate of drug-likeness (QED) is 0.160. The predicted octanol–water partition coefficient (Wildman–Crippen LogP) is 18.2. The Morgan fingerprint density at radius 2 is 0.758 bits per heavy atom. The van der Waals surface area contributed by atoms with Crippen molar-refractivity contribution in [3.63, 3.8) is 0 Å². The second-order valence-corrected chi connectivity index (χ2v) is 18.7. The first-order chi connectivity index (χ1) is 32.3. The van der Waals surface area contributed by atoms with E-state index in [9.17, 15) is 0 Å². The van der Waals surface area contributed by atoms with Crippen molar-refractivity contribution in [1.82, 2.24) is 0 Å². The number of benzene rings is 11. The maximum absolute atomic E-state index is 2.52. The molecule has 0 aliphatic carbocycles. The molecule has 0 unspecified atom stereocenters. The van der Waals surface area contributed by atoms with Crippen molar-refractivity contribution in [2.24, 2.45) is 0 Å². The van der Waals surface area contributed by atoms with E-state index in [0.717, 1.165) is 73.4 Å². The zero-order valence-corrected chi connectivity index (χ0v) is 37.7. The number of anilines is 9. The summed E-state index contributed by atoms with van der Waals surface area (Å²) in [5, 5.41) is 7.44. The summed E-state index contributed by atoms with van der Waals surface area (Å²) in [6, 6.07) is 83.3. The molecule has 11 aromatic carbocycles. The van der Waals surface area contributed by atoms with Crippen molar-refractivity contribution in [3.05, 3.63) is 236 Å². The maximum atomic E-state index is 2.52. The van der Waals surface area contributed by atoms with Crippen molar-refractivity contribution in [2.45, 2.75) is 33.1 Å². The lowest BCUT2D eigenvalue weighted by Gasteiger charge is -2.36. The number of nitrogens with zero attached hydrogens (tertiary/aromatic N) is 3. The van der Waals surface area contributed by atoms with Gasteiger partial charge in [0.1, 0.15) is 0 Å². The third-order valence-electron chi connectivity index (χ3n) is 13.5. The molecule has 0 radical (unpaired) electrons. The lowest BCUT2D eigenvalue weighted by molar-refractivity contribution is 0.591. The molecule has 0 atom stereocenters. The molecule has 3 nitrogen and oxygen atoms in total. The molecule has 0 saturated heterocycles. The number of rotatable bonds is 5. The zero-order valence-electron chi connectivity index (χ0n) is 37.7. The van der Waals surface area contributed by atoms with Gasteiger partial charge in [-0.1, -0.05) is 184 Å². The molecule has 6 bridgehead atoms. The van der Waals surface area contributed by atoms with E-state index < -0.39 is 0 Å². The van der Waals surface area contributed by atoms with Crippen LogP contribution in [0.4, 0.5) is 51.2 Å². The fraction of sp³-hybridized carbons (Fsp3) is 0.0794. The summed E-state index contributed by atoms with van der Waals surface area (Å²) in [6.45, 7) is 9.09. The van der Waals surface area contributed by atoms with Crippen LogP contribution in [-0.2, 0) is 5.41 Å². The number of para-hydroxylation sites is 2. The minimum absolute atomic E-state index is 0.00702. The van der Waals surface area contributed by atoms with Crippen LogP contribution in [0.2, 0.25) is 0 Å². The first-order valence-corrected chi connectivity index (χ1v) is 23.0. The van der Waals surface area contributed by atoms with E-state index in [1.165, 1.54) is 43.4 Å². The Bertz CT molecular complexity index is 3380. The van der Waals surface area contributed by atoms with Gasteiger partial charge in [0.25, 0.3) is 0 Å².